The van der Waals surface area contributed by atoms with E-state index in [1.165, 1.54) is 22.9 Å². The number of alkyl halides is 3. The van der Waals surface area contributed by atoms with Crippen LogP contribution in [0.1, 0.15) is 18.3 Å². The van der Waals surface area contributed by atoms with Crippen LogP contribution in [0.4, 0.5) is 18.9 Å². The van der Waals surface area contributed by atoms with Crippen molar-refractivity contribution in [2.45, 2.75) is 30.4 Å². The highest BCUT2D eigenvalue weighted by molar-refractivity contribution is 8.00. The van der Waals surface area contributed by atoms with E-state index >= 15 is 0 Å². The van der Waals surface area contributed by atoms with E-state index < -0.39 is 22.9 Å². The van der Waals surface area contributed by atoms with Crippen molar-refractivity contribution in [2.24, 2.45) is 0 Å². The van der Waals surface area contributed by atoms with Crippen molar-refractivity contribution in [3.63, 3.8) is 0 Å². The third kappa shape index (κ3) is 3.95. The largest absolute Gasteiger partial charge is 0.418 e. The number of nitrogen functional groups attached to an aromatic ring is 1. The molecule has 0 aliphatic carbocycles. The highest BCUT2D eigenvalue weighted by Crippen LogP contribution is 2.35. The number of hydrogen-bond acceptors (Lipinski definition) is 5. The van der Waals surface area contributed by atoms with Crippen LogP contribution in [0.25, 0.3) is 0 Å². The number of carbonyl (C=O) groups excluding carboxylic acids is 1. The molecule has 6 nitrogen and oxygen atoms in total. The van der Waals surface area contributed by atoms with Crippen molar-refractivity contribution in [1.82, 2.24) is 14.9 Å². The quantitative estimate of drug-likeness (QED) is 0.657. The summed E-state index contributed by atoms with van der Waals surface area (Å²) in [7, 11) is 0. The van der Waals surface area contributed by atoms with Gasteiger partial charge >= 0.3 is 6.18 Å². The van der Waals surface area contributed by atoms with E-state index in [2.05, 4.69) is 15.5 Å². The Labute approximate surface area is 134 Å². The van der Waals surface area contributed by atoms with Crippen LogP contribution in [0.2, 0.25) is 0 Å². The summed E-state index contributed by atoms with van der Waals surface area (Å²) in [4.78, 5) is 12.1. The second kappa shape index (κ2) is 6.49. The van der Waals surface area contributed by atoms with Gasteiger partial charge in [-0.1, -0.05) is 23.9 Å². The molecule has 1 amide bonds. The molecule has 10 heteroatoms. The van der Waals surface area contributed by atoms with E-state index in [4.69, 9.17) is 5.84 Å². The molecule has 0 spiro atoms. The molecule has 0 aliphatic rings. The average Bonchev–Trinajstić information content (AvgIpc) is 2.78. The first kappa shape index (κ1) is 17.1. The Morgan fingerprint density at radius 3 is 2.57 bits per heavy atom. The number of nitrogens with zero attached hydrogens (tertiary/aromatic N) is 3. The van der Waals surface area contributed by atoms with E-state index in [-0.39, 0.29) is 5.69 Å². The van der Waals surface area contributed by atoms with E-state index in [1.807, 2.05) is 0 Å². The van der Waals surface area contributed by atoms with Crippen molar-refractivity contribution in [3.05, 3.63) is 35.7 Å². The third-order valence-electron chi connectivity index (χ3n) is 2.98. The summed E-state index contributed by atoms with van der Waals surface area (Å²) in [5.41, 5.74) is -1.19. The van der Waals surface area contributed by atoms with Gasteiger partial charge in [-0.15, -0.1) is 10.2 Å². The van der Waals surface area contributed by atoms with Gasteiger partial charge in [0.15, 0.2) is 0 Å². The number of hydrogen-bond donors (Lipinski definition) is 2. The van der Waals surface area contributed by atoms with E-state index in [0.717, 1.165) is 17.8 Å². The summed E-state index contributed by atoms with van der Waals surface area (Å²) in [6, 6.07) is 4.79. The lowest BCUT2D eigenvalue weighted by atomic mass is 10.1. The molecule has 0 aliphatic heterocycles. The number of aromatic nitrogens is 3. The van der Waals surface area contributed by atoms with E-state index in [9.17, 15) is 18.0 Å². The number of benzene rings is 1. The number of para-hydroxylation sites is 1. The SMILES string of the molecule is Cc1nnc(S[C@@H](C)C(=O)Nc2ccccc2C(F)(F)F)n1N. The number of nitrogens with one attached hydrogen (secondary N) is 1. The van der Waals surface area contributed by atoms with Gasteiger partial charge in [0, 0.05) is 0 Å². The van der Waals surface area contributed by atoms with Crippen LogP contribution in [0.3, 0.4) is 0 Å². The zero-order valence-corrected chi connectivity index (χ0v) is 13.1. The van der Waals surface area contributed by atoms with Gasteiger partial charge in [-0.05, 0) is 26.0 Å². The van der Waals surface area contributed by atoms with Gasteiger partial charge in [-0.2, -0.15) is 13.2 Å². The van der Waals surface area contributed by atoms with Gasteiger partial charge in [0.2, 0.25) is 11.1 Å². The first-order chi connectivity index (χ1) is 10.7. The number of thioether (sulfide) groups is 1. The Kier molecular flexibility index (Phi) is 4.83. The monoisotopic (exact) mass is 345 g/mol. The average molecular weight is 345 g/mol. The van der Waals surface area contributed by atoms with Crippen LogP contribution in [-0.2, 0) is 11.0 Å². The molecule has 2 rings (SSSR count). The predicted molar refractivity (Wildman–Crippen MR) is 80.3 cm³/mol. The molecule has 2 aromatic rings. The summed E-state index contributed by atoms with van der Waals surface area (Å²) in [6.45, 7) is 3.18. The van der Waals surface area contributed by atoms with Gasteiger partial charge in [0.25, 0.3) is 0 Å². The molecule has 3 N–H and O–H groups in total. The summed E-state index contributed by atoms with van der Waals surface area (Å²) >= 11 is 1.00. The first-order valence-corrected chi connectivity index (χ1v) is 7.39. The smallest absolute Gasteiger partial charge is 0.336 e. The normalized spacial score (nSPS) is 12.9. The number of anilines is 1. The standard InChI is InChI=1S/C13H14F3N5OS/c1-7(23-12-20-19-8(2)21(12)17)11(22)18-10-6-4-3-5-9(10)13(14,15)16/h3-7H,17H2,1-2H3,(H,18,22)/t7-/m0/s1. The molecule has 0 saturated heterocycles. The first-order valence-electron chi connectivity index (χ1n) is 6.51. The van der Waals surface area contributed by atoms with Crippen LogP contribution in [-0.4, -0.2) is 26.0 Å². The topological polar surface area (TPSA) is 85.8 Å². The molecule has 1 atom stereocenters. The summed E-state index contributed by atoms with van der Waals surface area (Å²) in [5, 5.41) is 9.42. The fraction of sp³-hybridized carbons (Fsp3) is 0.308. The Morgan fingerprint density at radius 1 is 1.35 bits per heavy atom. The van der Waals surface area contributed by atoms with Crippen molar-refractivity contribution >= 4 is 23.4 Å². The Morgan fingerprint density at radius 2 is 2.00 bits per heavy atom. The number of nitrogens with two attached hydrogens (primary N) is 1. The Bertz CT molecular complexity index is 716. The molecule has 124 valence electrons. The number of amides is 1. The van der Waals surface area contributed by atoms with Crippen molar-refractivity contribution in [1.29, 1.82) is 0 Å². The number of carbonyl (C=O) groups is 1. The molecular weight excluding hydrogens is 331 g/mol. The van der Waals surface area contributed by atoms with Crippen molar-refractivity contribution in [2.75, 3.05) is 11.2 Å². The fourth-order valence-electron chi connectivity index (χ4n) is 1.72. The Balaban J connectivity index is 2.12. The number of aryl methyl sites for hydroxylation is 1. The van der Waals surface area contributed by atoms with E-state index in [1.54, 1.807) is 13.8 Å². The van der Waals surface area contributed by atoms with Gasteiger partial charge in [-0.25, -0.2) is 4.68 Å². The zero-order valence-electron chi connectivity index (χ0n) is 12.3. The molecular formula is C13H14F3N5OS. The maximum Gasteiger partial charge on any atom is 0.418 e. The lowest BCUT2D eigenvalue weighted by molar-refractivity contribution is -0.137. The molecule has 23 heavy (non-hydrogen) atoms. The lowest BCUT2D eigenvalue weighted by Gasteiger charge is -2.15. The van der Waals surface area contributed by atoms with E-state index in [0.29, 0.717) is 11.0 Å². The summed E-state index contributed by atoms with van der Waals surface area (Å²) < 4.78 is 39.9. The minimum atomic E-state index is -4.55. The second-order valence-corrected chi connectivity index (χ2v) is 6.00. The van der Waals surface area contributed by atoms with Crippen LogP contribution in [0.5, 0.6) is 0 Å². The molecule has 1 aromatic carbocycles. The van der Waals surface area contributed by atoms with Crippen molar-refractivity contribution < 1.29 is 18.0 Å². The van der Waals surface area contributed by atoms with Gasteiger partial charge in [0.05, 0.1) is 16.5 Å². The zero-order chi connectivity index (χ0) is 17.2. The van der Waals surface area contributed by atoms with Crippen LogP contribution in [0.15, 0.2) is 29.4 Å². The van der Waals surface area contributed by atoms with Gasteiger partial charge < -0.3 is 11.2 Å². The van der Waals surface area contributed by atoms with Crippen LogP contribution >= 0.6 is 11.8 Å². The Hall–Kier alpha value is -2.23. The van der Waals surface area contributed by atoms with Crippen molar-refractivity contribution in [3.8, 4) is 0 Å². The minimum Gasteiger partial charge on any atom is -0.336 e. The van der Waals surface area contributed by atoms with Crippen LogP contribution in [0, 0.1) is 6.92 Å². The fourth-order valence-corrected chi connectivity index (χ4v) is 2.53. The number of rotatable bonds is 4. The molecule has 0 bridgehead atoms. The molecule has 0 saturated carbocycles. The highest BCUT2D eigenvalue weighted by atomic mass is 32.2. The molecule has 0 radical (unpaired) electrons. The second-order valence-electron chi connectivity index (χ2n) is 4.69. The van der Waals surface area contributed by atoms with Gasteiger partial charge in [-0.3, -0.25) is 4.79 Å². The summed E-state index contributed by atoms with van der Waals surface area (Å²) in [6.07, 6.45) is -4.55. The number of halogens is 3. The lowest BCUT2D eigenvalue weighted by Crippen LogP contribution is -2.25. The third-order valence-corrected chi connectivity index (χ3v) is 4.03. The maximum absolute atomic E-state index is 12.9. The predicted octanol–water partition coefficient (Wildman–Crippen LogP) is 2.44. The maximum atomic E-state index is 12.9. The molecule has 1 heterocycles. The minimum absolute atomic E-state index is 0.289. The highest BCUT2D eigenvalue weighted by Gasteiger charge is 2.34. The molecule has 0 unspecified atom stereocenters. The van der Waals surface area contributed by atoms with Crippen LogP contribution < -0.4 is 11.2 Å². The molecule has 0 fully saturated rings. The molecule has 1 aromatic heterocycles. The summed E-state index contributed by atoms with van der Waals surface area (Å²) in [5.74, 6) is 5.55. The van der Waals surface area contributed by atoms with Gasteiger partial charge in [0.1, 0.15) is 5.82 Å².